The highest BCUT2D eigenvalue weighted by Gasteiger charge is 2.30. The first-order valence-electron chi connectivity index (χ1n) is 9.18. The first kappa shape index (κ1) is 19.9. The summed E-state index contributed by atoms with van der Waals surface area (Å²) < 4.78 is 14.3. The van der Waals surface area contributed by atoms with Crippen LogP contribution in [0.3, 0.4) is 0 Å². The second-order valence-corrected chi connectivity index (χ2v) is 7.49. The Bertz CT molecular complexity index is 827. The fourth-order valence-electron chi connectivity index (χ4n) is 3.21. The van der Waals surface area contributed by atoms with Crippen molar-refractivity contribution in [1.82, 2.24) is 15.0 Å². The van der Waals surface area contributed by atoms with Gasteiger partial charge in [-0.3, -0.25) is 9.78 Å². The Morgan fingerprint density at radius 2 is 2.11 bits per heavy atom. The Morgan fingerprint density at radius 3 is 2.75 bits per heavy atom. The number of nitrogens with one attached hydrogen (secondary N) is 1. The van der Waals surface area contributed by atoms with Crippen LogP contribution < -0.4 is 16.0 Å². The van der Waals surface area contributed by atoms with Crippen LogP contribution in [-0.4, -0.2) is 56.9 Å². The quantitative estimate of drug-likeness (QED) is 0.655. The lowest BCUT2D eigenvalue weighted by Gasteiger charge is -2.23. The summed E-state index contributed by atoms with van der Waals surface area (Å²) in [7, 11) is 0. The number of amides is 1. The van der Waals surface area contributed by atoms with Gasteiger partial charge in [0.15, 0.2) is 0 Å². The maximum Gasteiger partial charge on any atom is 0.252 e. The van der Waals surface area contributed by atoms with Gasteiger partial charge in [-0.15, -0.1) is 0 Å². The number of aliphatic hydroxyl groups is 1. The highest BCUT2D eigenvalue weighted by atomic mass is 19.1. The number of primary amides is 1. The number of halogens is 1. The maximum atomic E-state index is 14.3. The van der Waals surface area contributed by atoms with E-state index in [4.69, 9.17) is 5.73 Å². The van der Waals surface area contributed by atoms with Crippen molar-refractivity contribution in [1.29, 1.82) is 0 Å². The number of anilines is 2. The number of carbonyl (C=O) groups excluding carboxylic acids is 1. The Morgan fingerprint density at radius 1 is 1.39 bits per heavy atom. The molecular weight excluding hydrogens is 363 g/mol. The van der Waals surface area contributed by atoms with Gasteiger partial charge < -0.3 is 21.1 Å². The maximum absolute atomic E-state index is 14.3. The van der Waals surface area contributed by atoms with Gasteiger partial charge in [0.1, 0.15) is 6.17 Å². The Kier molecular flexibility index (Phi) is 5.73. The van der Waals surface area contributed by atoms with E-state index in [0.717, 1.165) is 13.0 Å². The molecule has 8 nitrogen and oxygen atoms in total. The Hall–Kier alpha value is -2.81. The van der Waals surface area contributed by atoms with Crippen molar-refractivity contribution in [2.24, 2.45) is 5.73 Å². The molecule has 0 aromatic carbocycles. The summed E-state index contributed by atoms with van der Waals surface area (Å²) in [5.41, 5.74) is 4.92. The summed E-state index contributed by atoms with van der Waals surface area (Å²) in [4.78, 5) is 26.8. The molecule has 1 aliphatic rings. The van der Waals surface area contributed by atoms with Gasteiger partial charge >= 0.3 is 0 Å². The minimum absolute atomic E-state index is 0.0487. The number of carbonyl (C=O) groups is 1. The third-order valence-electron chi connectivity index (χ3n) is 4.80. The van der Waals surface area contributed by atoms with Crippen molar-refractivity contribution in [3.63, 3.8) is 0 Å². The van der Waals surface area contributed by atoms with E-state index in [0.29, 0.717) is 18.2 Å². The summed E-state index contributed by atoms with van der Waals surface area (Å²) in [6, 6.07) is 3.47. The van der Waals surface area contributed by atoms with Gasteiger partial charge in [-0.1, -0.05) is 0 Å². The third kappa shape index (κ3) is 4.53. The normalized spacial score (nSPS) is 18.1. The molecule has 2 aromatic rings. The van der Waals surface area contributed by atoms with Gasteiger partial charge in [0, 0.05) is 44.1 Å². The number of nitrogens with zero attached hydrogens (tertiary/aromatic N) is 4. The van der Waals surface area contributed by atoms with Crippen LogP contribution in [0.2, 0.25) is 0 Å². The van der Waals surface area contributed by atoms with Crippen molar-refractivity contribution in [2.75, 3.05) is 23.3 Å². The minimum Gasteiger partial charge on any atom is -0.387 e. The van der Waals surface area contributed by atoms with Crippen LogP contribution in [0.25, 0.3) is 0 Å². The fourth-order valence-corrected chi connectivity index (χ4v) is 3.21. The van der Waals surface area contributed by atoms with Crippen LogP contribution in [0, 0.1) is 0 Å². The number of pyridine rings is 1. The number of alkyl halides is 1. The molecule has 0 unspecified atom stereocenters. The lowest BCUT2D eigenvalue weighted by molar-refractivity contribution is -0.00307. The van der Waals surface area contributed by atoms with Crippen LogP contribution in [0.15, 0.2) is 30.7 Å². The number of hydrogen-bond acceptors (Lipinski definition) is 7. The largest absolute Gasteiger partial charge is 0.387 e. The molecule has 3 heterocycles. The zero-order valence-electron chi connectivity index (χ0n) is 16.0. The molecule has 150 valence electrons. The first-order valence-corrected chi connectivity index (χ1v) is 9.18. The van der Waals surface area contributed by atoms with Gasteiger partial charge in [0.2, 0.25) is 5.95 Å². The van der Waals surface area contributed by atoms with Gasteiger partial charge in [-0.05, 0) is 32.4 Å². The van der Waals surface area contributed by atoms with Crippen molar-refractivity contribution >= 4 is 17.5 Å². The van der Waals surface area contributed by atoms with Gasteiger partial charge in [0.25, 0.3) is 5.91 Å². The highest BCUT2D eigenvalue weighted by Crippen LogP contribution is 2.25. The average molecular weight is 388 g/mol. The molecule has 2 aromatic heterocycles. The molecule has 0 saturated carbocycles. The van der Waals surface area contributed by atoms with E-state index in [1.165, 1.54) is 20.0 Å². The first-order chi connectivity index (χ1) is 13.3. The molecule has 0 radical (unpaired) electrons. The topological polar surface area (TPSA) is 117 Å². The molecule has 0 spiro atoms. The van der Waals surface area contributed by atoms with Crippen LogP contribution >= 0.6 is 0 Å². The van der Waals surface area contributed by atoms with E-state index < -0.39 is 17.7 Å². The second-order valence-electron chi connectivity index (χ2n) is 7.49. The van der Waals surface area contributed by atoms with E-state index in [1.807, 2.05) is 0 Å². The van der Waals surface area contributed by atoms with E-state index in [1.54, 1.807) is 24.5 Å². The number of hydrogen-bond donors (Lipinski definition) is 3. The molecule has 1 fully saturated rings. The van der Waals surface area contributed by atoms with Crippen LogP contribution in [-0.2, 0) is 6.42 Å². The van der Waals surface area contributed by atoms with Crippen molar-refractivity contribution in [3.05, 3.63) is 42.0 Å². The molecule has 0 bridgehead atoms. The monoisotopic (exact) mass is 388 g/mol. The van der Waals surface area contributed by atoms with Gasteiger partial charge in [0.05, 0.1) is 22.5 Å². The standard InChI is InChI=1S/C19H25FN6O2/c1-19(2,28)15(20)10-14-16(17(21)27)13(4-8-22-14)25-12-5-9-26(11-12)18-23-6-3-7-24-18/h3-4,6-8,12,15,28H,5,9-11H2,1-2H3,(H2,21,27)(H,22,25)/t12-,15-/m1/s1. The summed E-state index contributed by atoms with van der Waals surface area (Å²) in [6.07, 6.45) is 3.94. The minimum atomic E-state index is -1.58. The van der Waals surface area contributed by atoms with Crippen molar-refractivity contribution in [3.8, 4) is 0 Å². The third-order valence-corrected chi connectivity index (χ3v) is 4.80. The smallest absolute Gasteiger partial charge is 0.252 e. The molecular formula is C19H25FN6O2. The molecule has 9 heteroatoms. The van der Waals surface area contributed by atoms with Gasteiger partial charge in [-0.2, -0.15) is 0 Å². The Balaban J connectivity index is 1.77. The van der Waals surface area contributed by atoms with E-state index in [2.05, 4.69) is 25.2 Å². The van der Waals surface area contributed by atoms with Crippen molar-refractivity contribution in [2.45, 2.75) is 44.5 Å². The average Bonchev–Trinajstić information content (AvgIpc) is 3.10. The predicted octanol–water partition coefficient (Wildman–Crippen LogP) is 1.31. The SMILES string of the molecule is CC(C)(O)[C@H](F)Cc1nccc(N[C@@H]2CCN(c3ncccn3)C2)c1C(N)=O. The summed E-state index contributed by atoms with van der Waals surface area (Å²) >= 11 is 0. The number of nitrogens with two attached hydrogens (primary N) is 1. The molecule has 4 N–H and O–H groups in total. The molecule has 1 amide bonds. The zero-order valence-corrected chi connectivity index (χ0v) is 16.0. The Labute approximate surface area is 163 Å². The second kappa shape index (κ2) is 8.05. The highest BCUT2D eigenvalue weighted by molar-refractivity contribution is 5.99. The van der Waals surface area contributed by atoms with Crippen LogP contribution in [0.1, 0.15) is 36.3 Å². The van der Waals surface area contributed by atoms with E-state index >= 15 is 0 Å². The lowest BCUT2D eigenvalue weighted by atomic mass is 9.96. The van der Waals surface area contributed by atoms with Gasteiger partial charge in [-0.25, -0.2) is 14.4 Å². The molecule has 28 heavy (non-hydrogen) atoms. The molecule has 0 aliphatic carbocycles. The zero-order chi connectivity index (χ0) is 20.3. The van der Waals surface area contributed by atoms with E-state index in [9.17, 15) is 14.3 Å². The summed E-state index contributed by atoms with van der Waals surface area (Å²) in [5, 5.41) is 13.2. The molecule has 2 atom stereocenters. The summed E-state index contributed by atoms with van der Waals surface area (Å²) in [6.45, 7) is 4.19. The number of aromatic nitrogens is 3. The molecule has 1 aliphatic heterocycles. The summed E-state index contributed by atoms with van der Waals surface area (Å²) in [5.74, 6) is -0.0300. The van der Waals surface area contributed by atoms with Crippen molar-refractivity contribution < 1.29 is 14.3 Å². The predicted molar refractivity (Wildman–Crippen MR) is 104 cm³/mol. The van der Waals surface area contributed by atoms with Crippen LogP contribution in [0.5, 0.6) is 0 Å². The number of rotatable bonds is 7. The fraction of sp³-hybridized carbons (Fsp3) is 0.474. The molecule has 1 saturated heterocycles. The van der Waals surface area contributed by atoms with E-state index in [-0.39, 0.29) is 23.7 Å². The molecule has 3 rings (SSSR count). The lowest BCUT2D eigenvalue weighted by Crippen LogP contribution is -2.35. The van der Waals surface area contributed by atoms with Crippen LogP contribution in [0.4, 0.5) is 16.0 Å².